The third-order valence-corrected chi connectivity index (χ3v) is 2.07. The smallest absolute Gasteiger partial charge is 0.311 e. The summed E-state index contributed by atoms with van der Waals surface area (Å²) in [4.78, 5) is 11.0. The maximum atomic E-state index is 11.0. The molecule has 0 fully saturated rings. The Balaban J connectivity index is 2.86. The average Bonchev–Trinajstić information content (AvgIpc) is 2.28. The summed E-state index contributed by atoms with van der Waals surface area (Å²) in [6, 6.07) is 7.38. The topological polar surface area (TPSA) is 62.2 Å². The first-order chi connectivity index (χ1) is 7.19. The van der Waals surface area contributed by atoms with Crippen molar-refractivity contribution in [3.63, 3.8) is 0 Å². The summed E-state index contributed by atoms with van der Waals surface area (Å²) in [5.41, 5.74) is 1.82. The van der Waals surface area contributed by atoms with E-state index >= 15 is 0 Å². The molecule has 0 unspecified atom stereocenters. The first-order valence-electron chi connectivity index (χ1n) is 4.60. The fraction of sp³-hybridized carbons (Fsp3) is 0.273. The van der Waals surface area contributed by atoms with Crippen LogP contribution in [0, 0.1) is 5.41 Å². The van der Waals surface area contributed by atoms with Crippen LogP contribution in [0.1, 0.15) is 12.0 Å². The molecule has 0 atom stereocenters. The van der Waals surface area contributed by atoms with E-state index in [4.69, 9.17) is 5.41 Å². The summed E-state index contributed by atoms with van der Waals surface area (Å²) in [5, 5.41) is 10.7. The second-order valence-electron chi connectivity index (χ2n) is 3.03. The number of hydrogen-bond donors (Lipinski definition) is 2. The first kappa shape index (κ1) is 11.2. The Morgan fingerprint density at radius 1 is 1.47 bits per heavy atom. The zero-order chi connectivity index (χ0) is 11.3. The van der Waals surface area contributed by atoms with E-state index in [1.807, 2.05) is 18.2 Å². The molecule has 0 amide bonds. The summed E-state index contributed by atoms with van der Waals surface area (Å²) in [7, 11) is 3.10. The van der Waals surface area contributed by atoms with Gasteiger partial charge in [-0.15, -0.1) is 0 Å². The van der Waals surface area contributed by atoms with Crippen LogP contribution in [0.15, 0.2) is 24.3 Å². The van der Waals surface area contributed by atoms with Crippen molar-refractivity contribution in [3.8, 4) is 0 Å². The molecule has 0 spiro atoms. The predicted molar refractivity (Wildman–Crippen MR) is 59.5 cm³/mol. The molecule has 1 rings (SSSR count). The van der Waals surface area contributed by atoms with Crippen LogP contribution in [-0.4, -0.2) is 25.8 Å². The summed E-state index contributed by atoms with van der Waals surface area (Å²) >= 11 is 0. The molecule has 0 saturated heterocycles. The van der Waals surface area contributed by atoms with Crippen LogP contribution >= 0.6 is 0 Å². The average molecular weight is 206 g/mol. The minimum atomic E-state index is -0.397. The zero-order valence-corrected chi connectivity index (χ0v) is 8.83. The van der Waals surface area contributed by atoms with Gasteiger partial charge in [0.15, 0.2) is 0 Å². The van der Waals surface area contributed by atoms with E-state index in [0.29, 0.717) is 0 Å². The van der Waals surface area contributed by atoms with Crippen LogP contribution in [-0.2, 0) is 9.53 Å². The number of hydrogen-bond acceptors (Lipinski definition) is 4. The van der Waals surface area contributed by atoms with E-state index in [-0.39, 0.29) is 12.1 Å². The van der Waals surface area contributed by atoms with Crippen LogP contribution in [0.2, 0.25) is 0 Å². The highest BCUT2D eigenvalue weighted by Gasteiger charge is 2.10. The second kappa shape index (κ2) is 5.14. The van der Waals surface area contributed by atoms with Crippen molar-refractivity contribution in [2.24, 2.45) is 0 Å². The van der Waals surface area contributed by atoms with E-state index in [0.717, 1.165) is 11.3 Å². The fourth-order valence-corrected chi connectivity index (χ4v) is 1.28. The number of nitrogens with one attached hydrogen (secondary N) is 2. The van der Waals surface area contributed by atoms with Gasteiger partial charge in [0.1, 0.15) is 0 Å². The van der Waals surface area contributed by atoms with Gasteiger partial charge in [-0.1, -0.05) is 18.2 Å². The summed E-state index contributed by atoms with van der Waals surface area (Å²) in [6.45, 7) is 0. The number of esters is 1. The predicted octanol–water partition coefficient (Wildman–Crippen LogP) is 1.66. The van der Waals surface area contributed by atoms with E-state index in [2.05, 4.69) is 10.1 Å². The molecule has 4 nitrogen and oxygen atoms in total. The molecule has 80 valence electrons. The maximum Gasteiger partial charge on any atom is 0.311 e. The number of carbonyl (C=O) groups excluding carboxylic acids is 1. The van der Waals surface area contributed by atoms with Gasteiger partial charge in [-0.3, -0.25) is 4.79 Å². The molecule has 0 aliphatic heterocycles. The minimum Gasteiger partial charge on any atom is -0.469 e. The molecular weight excluding hydrogens is 192 g/mol. The van der Waals surface area contributed by atoms with Crippen molar-refractivity contribution in [2.75, 3.05) is 19.5 Å². The van der Waals surface area contributed by atoms with Crippen molar-refractivity contribution in [1.82, 2.24) is 0 Å². The molecule has 1 aromatic rings. The van der Waals surface area contributed by atoms with Crippen molar-refractivity contribution >= 4 is 17.4 Å². The highest BCUT2D eigenvalue weighted by molar-refractivity contribution is 6.10. The molecule has 4 heteroatoms. The normalized spacial score (nSPS) is 9.47. The Bertz CT molecular complexity index is 375. The Hall–Kier alpha value is -1.84. The quantitative estimate of drug-likeness (QED) is 0.581. The number of methoxy groups -OCH3 is 1. The molecule has 0 heterocycles. The van der Waals surface area contributed by atoms with Crippen molar-refractivity contribution in [3.05, 3.63) is 29.8 Å². The van der Waals surface area contributed by atoms with Crippen molar-refractivity contribution in [2.45, 2.75) is 6.42 Å². The third-order valence-electron chi connectivity index (χ3n) is 2.07. The van der Waals surface area contributed by atoms with Gasteiger partial charge in [-0.2, -0.15) is 0 Å². The second-order valence-corrected chi connectivity index (χ2v) is 3.03. The van der Waals surface area contributed by atoms with Crippen LogP contribution < -0.4 is 5.32 Å². The van der Waals surface area contributed by atoms with Gasteiger partial charge < -0.3 is 15.5 Å². The zero-order valence-electron chi connectivity index (χ0n) is 8.83. The number of rotatable bonds is 4. The lowest BCUT2D eigenvalue weighted by Gasteiger charge is -2.08. The van der Waals surface area contributed by atoms with E-state index in [9.17, 15) is 4.79 Å². The number of benzene rings is 1. The Morgan fingerprint density at radius 2 is 2.13 bits per heavy atom. The molecule has 2 N–H and O–H groups in total. The maximum absolute atomic E-state index is 11.0. The molecule has 0 bridgehead atoms. The van der Waals surface area contributed by atoms with Crippen molar-refractivity contribution < 1.29 is 9.53 Å². The van der Waals surface area contributed by atoms with Crippen LogP contribution in [0.4, 0.5) is 5.69 Å². The van der Waals surface area contributed by atoms with E-state index < -0.39 is 5.97 Å². The molecule has 15 heavy (non-hydrogen) atoms. The summed E-state index contributed by atoms with van der Waals surface area (Å²) in [5.74, 6) is -0.397. The monoisotopic (exact) mass is 206 g/mol. The Morgan fingerprint density at radius 3 is 2.73 bits per heavy atom. The third kappa shape index (κ3) is 2.80. The standard InChI is InChI=1S/C11H14N2O2/c1-13-10-6-4-3-5-8(10)9(12)7-11(14)15-2/h3-6,12-13H,7H2,1-2H3. The van der Waals surface area contributed by atoms with Gasteiger partial charge in [0.2, 0.25) is 0 Å². The molecular formula is C11H14N2O2. The number of para-hydroxylation sites is 1. The van der Waals surface area contributed by atoms with Gasteiger partial charge in [0.05, 0.1) is 19.2 Å². The SMILES string of the molecule is CNc1ccccc1C(=N)CC(=O)OC. The highest BCUT2D eigenvalue weighted by Crippen LogP contribution is 2.16. The van der Waals surface area contributed by atoms with E-state index in [1.165, 1.54) is 7.11 Å². The number of ether oxygens (including phenoxy) is 1. The van der Waals surface area contributed by atoms with Crippen LogP contribution in [0.3, 0.4) is 0 Å². The lowest BCUT2D eigenvalue weighted by atomic mass is 10.1. The molecule has 0 aliphatic rings. The Kier molecular flexibility index (Phi) is 3.85. The lowest BCUT2D eigenvalue weighted by molar-refractivity contribution is -0.139. The van der Waals surface area contributed by atoms with Gasteiger partial charge in [0, 0.05) is 18.3 Å². The van der Waals surface area contributed by atoms with Crippen LogP contribution in [0.5, 0.6) is 0 Å². The van der Waals surface area contributed by atoms with Gasteiger partial charge in [-0.05, 0) is 6.07 Å². The van der Waals surface area contributed by atoms with Gasteiger partial charge in [-0.25, -0.2) is 0 Å². The largest absolute Gasteiger partial charge is 0.469 e. The minimum absolute atomic E-state index is 0.00477. The molecule has 0 aromatic heterocycles. The first-order valence-corrected chi connectivity index (χ1v) is 4.60. The number of anilines is 1. The summed E-state index contributed by atoms with van der Waals surface area (Å²) < 4.78 is 4.52. The molecule has 0 aliphatic carbocycles. The lowest BCUT2D eigenvalue weighted by Crippen LogP contribution is -2.11. The van der Waals surface area contributed by atoms with Crippen molar-refractivity contribution in [1.29, 1.82) is 5.41 Å². The number of carbonyl (C=O) groups is 1. The Labute approximate surface area is 88.8 Å². The van der Waals surface area contributed by atoms with Gasteiger partial charge in [0.25, 0.3) is 0 Å². The molecule has 0 saturated carbocycles. The van der Waals surface area contributed by atoms with Gasteiger partial charge >= 0.3 is 5.97 Å². The molecule has 1 aromatic carbocycles. The fourth-order valence-electron chi connectivity index (χ4n) is 1.28. The van der Waals surface area contributed by atoms with E-state index in [1.54, 1.807) is 13.1 Å². The highest BCUT2D eigenvalue weighted by atomic mass is 16.5. The van der Waals surface area contributed by atoms with Crippen LogP contribution in [0.25, 0.3) is 0 Å². The summed E-state index contributed by atoms with van der Waals surface area (Å²) in [6.07, 6.45) is -0.00477. The molecule has 0 radical (unpaired) electrons.